The summed E-state index contributed by atoms with van der Waals surface area (Å²) in [7, 11) is 1.92. The number of aromatic nitrogens is 2. The van der Waals surface area contributed by atoms with Gasteiger partial charge in [-0.25, -0.2) is 9.97 Å². The highest BCUT2D eigenvalue weighted by atomic mass is 16.1. The Morgan fingerprint density at radius 2 is 1.94 bits per heavy atom. The number of nitrogens with zero attached hydrogens (tertiary/aromatic N) is 3. The molecule has 0 radical (unpaired) electrons. The zero-order valence-corrected chi connectivity index (χ0v) is 11.2. The van der Waals surface area contributed by atoms with Gasteiger partial charge in [0.05, 0.1) is 0 Å². The number of rotatable bonds is 5. The minimum absolute atomic E-state index is 0.199. The predicted octanol–water partition coefficient (Wildman–Crippen LogP) is 2.55. The number of hydrogen-bond donors (Lipinski definition) is 0. The van der Waals surface area contributed by atoms with Crippen molar-refractivity contribution in [3.8, 4) is 0 Å². The third-order valence-corrected chi connectivity index (χ3v) is 3.63. The van der Waals surface area contributed by atoms with Crippen LogP contribution in [0.1, 0.15) is 50.5 Å². The van der Waals surface area contributed by atoms with Crippen LogP contribution in [0.25, 0.3) is 0 Å². The third-order valence-electron chi connectivity index (χ3n) is 3.63. The highest BCUT2D eigenvalue weighted by Gasteiger charge is 2.18. The molecule has 1 aromatic rings. The number of carbonyl (C=O) groups is 1. The van der Waals surface area contributed by atoms with E-state index in [1.54, 1.807) is 6.92 Å². The summed E-state index contributed by atoms with van der Waals surface area (Å²) in [6.07, 6.45) is 9.62. The molecule has 0 N–H and O–H groups in total. The number of Topliss-reactive ketones (excluding diaryl/α,β-unsaturated/α-hetero) is 1. The summed E-state index contributed by atoms with van der Waals surface area (Å²) < 4.78 is 0. The zero-order chi connectivity index (χ0) is 13.0. The molecule has 0 amide bonds. The van der Waals surface area contributed by atoms with Crippen LogP contribution in [0.3, 0.4) is 0 Å². The second kappa shape index (κ2) is 5.94. The molecule has 18 heavy (non-hydrogen) atoms. The van der Waals surface area contributed by atoms with E-state index in [-0.39, 0.29) is 5.78 Å². The van der Waals surface area contributed by atoms with Gasteiger partial charge < -0.3 is 4.90 Å². The fourth-order valence-corrected chi connectivity index (χ4v) is 2.42. The van der Waals surface area contributed by atoms with Crippen LogP contribution < -0.4 is 4.90 Å². The van der Waals surface area contributed by atoms with Gasteiger partial charge in [0.15, 0.2) is 0 Å². The Kier molecular flexibility index (Phi) is 4.28. The van der Waals surface area contributed by atoms with E-state index in [2.05, 4.69) is 9.97 Å². The Morgan fingerprint density at radius 1 is 1.33 bits per heavy atom. The van der Waals surface area contributed by atoms with E-state index < -0.39 is 0 Å². The van der Waals surface area contributed by atoms with Gasteiger partial charge in [0, 0.05) is 32.4 Å². The summed E-state index contributed by atoms with van der Waals surface area (Å²) in [4.78, 5) is 21.7. The van der Waals surface area contributed by atoms with Gasteiger partial charge in [0.2, 0.25) is 5.95 Å². The first-order valence-corrected chi connectivity index (χ1v) is 6.69. The van der Waals surface area contributed by atoms with Crippen LogP contribution in [0, 0.1) is 0 Å². The summed E-state index contributed by atoms with van der Waals surface area (Å²) >= 11 is 0. The molecule has 2 rings (SSSR count). The lowest BCUT2D eigenvalue weighted by molar-refractivity contribution is -0.116. The summed E-state index contributed by atoms with van der Waals surface area (Å²) in [5.74, 6) is 1.56. The molecule has 0 saturated heterocycles. The fourth-order valence-electron chi connectivity index (χ4n) is 2.42. The quantitative estimate of drug-likeness (QED) is 0.802. The number of hydrogen-bond acceptors (Lipinski definition) is 4. The van der Waals surface area contributed by atoms with Gasteiger partial charge in [-0.15, -0.1) is 0 Å². The van der Waals surface area contributed by atoms with Crippen LogP contribution >= 0.6 is 0 Å². The maximum Gasteiger partial charge on any atom is 0.225 e. The van der Waals surface area contributed by atoms with Crippen molar-refractivity contribution in [2.75, 3.05) is 18.5 Å². The van der Waals surface area contributed by atoms with E-state index in [9.17, 15) is 4.79 Å². The van der Waals surface area contributed by atoms with Crippen molar-refractivity contribution in [2.45, 2.75) is 44.9 Å². The third kappa shape index (κ3) is 3.28. The van der Waals surface area contributed by atoms with Gasteiger partial charge >= 0.3 is 0 Å². The molecule has 0 aromatic carbocycles. The molecule has 0 atom stereocenters. The lowest BCUT2D eigenvalue weighted by Gasteiger charge is -2.17. The smallest absolute Gasteiger partial charge is 0.225 e. The van der Waals surface area contributed by atoms with Crippen molar-refractivity contribution < 1.29 is 4.79 Å². The molecule has 0 bridgehead atoms. The van der Waals surface area contributed by atoms with Crippen LogP contribution in [-0.2, 0) is 4.79 Å². The average molecular weight is 247 g/mol. The summed E-state index contributed by atoms with van der Waals surface area (Å²) in [5.41, 5.74) is 1.26. The maximum atomic E-state index is 10.9. The van der Waals surface area contributed by atoms with Crippen LogP contribution in [0.15, 0.2) is 12.4 Å². The summed E-state index contributed by atoms with van der Waals surface area (Å²) in [6.45, 7) is 2.29. The van der Waals surface area contributed by atoms with Crippen molar-refractivity contribution in [2.24, 2.45) is 0 Å². The highest BCUT2D eigenvalue weighted by Crippen LogP contribution is 2.33. The maximum absolute atomic E-state index is 10.9. The van der Waals surface area contributed by atoms with Crippen molar-refractivity contribution in [1.29, 1.82) is 0 Å². The van der Waals surface area contributed by atoms with Crippen LogP contribution in [-0.4, -0.2) is 29.3 Å². The van der Waals surface area contributed by atoms with E-state index >= 15 is 0 Å². The average Bonchev–Trinajstić information content (AvgIpc) is 2.90. The van der Waals surface area contributed by atoms with Crippen LogP contribution in [0.5, 0.6) is 0 Å². The minimum atomic E-state index is 0.199. The zero-order valence-electron chi connectivity index (χ0n) is 11.2. The second-order valence-electron chi connectivity index (χ2n) is 5.17. The minimum Gasteiger partial charge on any atom is -0.343 e. The molecule has 1 aromatic heterocycles. The van der Waals surface area contributed by atoms with Gasteiger partial charge in [-0.05, 0) is 31.2 Å². The van der Waals surface area contributed by atoms with Crippen LogP contribution in [0.2, 0.25) is 0 Å². The number of carbonyl (C=O) groups excluding carboxylic acids is 1. The summed E-state index contributed by atoms with van der Waals surface area (Å²) in [5, 5.41) is 0. The molecule has 1 saturated carbocycles. The summed E-state index contributed by atoms with van der Waals surface area (Å²) in [6, 6.07) is 0. The van der Waals surface area contributed by atoms with Gasteiger partial charge in [0.1, 0.15) is 5.78 Å². The van der Waals surface area contributed by atoms with E-state index in [1.165, 1.54) is 31.2 Å². The van der Waals surface area contributed by atoms with E-state index in [1.807, 2.05) is 24.3 Å². The molecule has 1 heterocycles. The highest BCUT2D eigenvalue weighted by molar-refractivity contribution is 5.75. The molecule has 0 unspecified atom stereocenters. The molecular formula is C14H21N3O. The SMILES string of the molecule is CC(=O)CCN(C)c1ncc(C2CCCC2)cn1. The fraction of sp³-hybridized carbons (Fsp3) is 0.643. The number of anilines is 1. The topological polar surface area (TPSA) is 46.1 Å². The van der Waals surface area contributed by atoms with Gasteiger partial charge in [-0.1, -0.05) is 12.8 Å². The molecule has 4 nitrogen and oxygen atoms in total. The molecule has 0 spiro atoms. The van der Waals surface area contributed by atoms with Crippen molar-refractivity contribution in [3.63, 3.8) is 0 Å². The molecule has 1 aliphatic rings. The molecule has 4 heteroatoms. The van der Waals surface area contributed by atoms with Crippen molar-refractivity contribution in [1.82, 2.24) is 9.97 Å². The molecule has 0 aliphatic heterocycles. The Morgan fingerprint density at radius 3 is 2.50 bits per heavy atom. The van der Waals surface area contributed by atoms with Crippen molar-refractivity contribution >= 4 is 11.7 Å². The first-order valence-electron chi connectivity index (χ1n) is 6.69. The van der Waals surface area contributed by atoms with Gasteiger partial charge in [-0.2, -0.15) is 0 Å². The monoisotopic (exact) mass is 247 g/mol. The van der Waals surface area contributed by atoms with Gasteiger partial charge in [-0.3, -0.25) is 4.79 Å². The standard InChI is InChI=1S/C14H21N3O/c1-11(18)7-8-17(2)14-15-9-13(10-16-14)12-5-3-4-6-12/h9-10,12H,3-8H2,1-2H3. The normalized spacial score (nSPS) is 15.9. The predicted molar refractivity (Wildman–Crippen MR) is 71.8 cm³/mol. The van der Waals surface area contributed by atoms with E-state index in [4.69, 9.17) is 0 Å². The first-order chi connectivity index (χ1) is 8.66. The molecule has 1 aliphatic carbocycles. The Hall–Kier alpha value is -1.45. The molecule has 98 valence electrons. The Bertz CT molecular complexity index is 396. The van der Waals surface area contributed by atoms with Crippen molar-refractivity contribution in [3.05, 3.63) is 18.0 Å². The van der Waals surface area contributed by atoms with Crippen LogP contribution in [0.4, 0.5) is 5.95 Å². The van der Waals surface area contributed by atoms with Gasteiger partial charge in [0.25, 0.3) is 0 Å². The Labute approximate surface area is 108 Å². The lowest BCUT2D eigenvalue weighted by atomic mass is 10.0. The molecule has 1 fully saturated rings. The number of ketones is 1. The lowest BCUT2D eigenvalue weighted by Crippen LogP contribution is -2.22. The first kappa shape index (κ1) is 13.0. The second-order valence-corrected chi connectivity index (χ2v) is 5.17. The largest absolute Gasteiger partial charge is 0.343 e. The molecular weight excluding hydrogens is 226 g/mol. The van der Waals surface area contributed by atoms with E-state index in [0.29, 0.717) is 24.8 Å². The van der Waals surface area contributed by atoms with E-state index in [0.717, 1.165) is 0 Å². The Balaban J connectivity index is 1.95.